The maximum Gasteiger partial charge on any atom is 0.332 e. The van der Waals surface area contributed by atoms with E-state index in [4.69, 9.17) is 11.6 Å². The molecule has 5 nitrogen and oxygen atoms in total. The van der Waals surface area contributed by atoms with E-state index in [0.717, 1.165) is 11.1 Å². The predicted molar refractivity (Wildman–Crippen MR) is 68.6 cm³/mol. The Hall–Kier alpha value is -2.01. The van der Waals surface area contributed by atoms with Gasteiger partial charge in [-0.3, -0.25) is 10.1 Å². The van der Waals surface area contributed by atoms with Gasteiger partial charge in [0.05, 0.1) is 4.92 Å². The van der Waals surface area contributed by atoms with Crippen molar-refractivity contribution in [2.75, 3.05) is 0 Å². The van der Waals surface area contributed by atoms with Gasteiger partial charge < -0.3 is 0 Å². The molecule has 0 amide bonds. The zero-order chi connectivity index (χ0) is 13.3. The number of nitro groups is 1. The van der Waals surface area contributed by atoms with Crippen LogP contribution in [0.2, 0.25) is 5.15 Å². The molecule has 2 aromatic rings. The van der Waals surface area contributed by atoms with Gasteiger partial charge in [0, 0.05) is 5.56 Å². The molecule has 1 aromatic heterocycles. The van der Waals surface area contributed by atoms with Crippen molar-refractivity contribution in [3.05, 3.63) is 50.9 Å². The average molecular weight is 264 g/mol. The van der Waals surface area contributed by atoms with Crippen LogP contribution in [0.3, 0.4) is 0 Å². The van der Waals surface area contributed by atoms with E-state index in [1.165, 1.54) is 6.33 Å². The van der Waals surface area contributed by atoms with E-state index < -0.39 is 4.92 Å². The van der Waals surface area contributed by atoms with Crippen LogP contribution in [-0.4, -0.2) is 14.9 Å². The summed E-state index contributed by atoms with van der Waals surface area (Å²) in [6.45, 7) is 3.83. The number of nitrogens with zero attached hydrogens (tertiary/aromatic N) is 3. The fourth-order valence-electron chi connectivity index (χ4n) is 1.72. The standard InChI is InChI=1S/C12H10ClN3O2/c1-7-4-3-5-9(8(7)2)10-11(16(17)18)12(13)15-6-14-10/h3-6H,1-2H3. The summed E-state index contributed by atoms with van der Waals surface area (Å²) in [7, 11) is 0. The van der Waals surface area contributed by atoms with Crippen LogP contribution >= 0.6 is 11.6 Å². The number of hydrogen-bond donors (Lipinski definition) is 0. The molecule has 0 saturated carbocycles. The Morgan fingerprint density at radius 1 is 1.28 bits per heavy atom. The molecule has 0 radical (unpaired) electrons. The molecule has 0 atom stereocenters. The molecule has 0 fully saturated rings. The zero-order valence-corrected chi connectivity index (χ0v) is 10.6. The molecule has 1 aromatic carbocycles. The summed E-state index contributed by atoms with van der Waals surface area (Å²) < 4.78 is 0. The quantitative estimate of drug-likeness (QED) is 0.473. The van der Waals surface area contributed by atoms with Crippen LogP contribution in [-0.2, 0) is 0 Å². The Balaban J connectivity index is 2.75. The molecule has 0 unspecified atom stereocenters. The van der Waals surface area contributed by atoms with E-state index in [-0.39, 0.29) is 16.5 Å². The molecule has 1 heterocycles. The molecule has 0 bridgehead atoms. The minimum Gasteiger partial charge on any atom is -0.258 e. The number of aryl methyl sites for hydroxylation is 1. The van der Waals surface area contributed by atoms with Gasteiger partial charge in [0.2, 0.25) is 5.15 Å². The summed E-state index contributed by atoms with van der Waals surface area (Å²) >= 11 is 5.77. The molecule has 18 heavy (non-hydrogen) atoms. The Bertz CT molecular complexity index is 629. The van der Waals surface area contributed by atoms with Crippen molar-refractivity contribution in [1.82, 2.24) is 9.97 Å². The molecule has 0 spiro atoms. The molecular weight excluding hydrogens is 254 g/mol. The second-order valence-electron chi connectivity index (χ2n) is 3.87. The number of rotatable bonds is 2. The first kappa shape index (κ1) is 12.4. The molecule has 2 rings (SSSR count). The number of aromatic nitrogens is 2. The lowest BCUT2D eigenvalue weighted by molar-refractivity contribution is -0.384. The van der Waals surface area contributed by atoms with Gasteiger partial charge in [0.1, 0.15) is 6.33 Å². The van der Waals surface area contributed by atoms with Gasteiger partial charge in [-0.05, 0) is 25.0 Å². The molecule has 0 saturated heterocycles. The van der Waals surface area contributed by atoms with Crippen LogP contribution in [0.1, 0.15) is 11.1 Å². The van der Waals surface area contributed by atoms with Gasteiger partial charge in [-0.15, -0.1) is 0 Å². The lowest BCUT2D eigenvalue weighted by Crippen LogP contribution is -1.99. The highest BCUT2D eigenvalue weighted by Gasteiger charge is 2.23. The summed E-state index contributed by atoms with van der Waals surface area (Å²) in [4.78, 5) is 18.1. The second kappa shape index (κ2) is 4.70. The van der Waals surface area contributed by atoms with Crippen molar-refractivity contribution in [1.29, 1.82) is 0 Å². The van der Waals surface area contributed by atoms with Crippen LogP contribution in [0.4, 0.5) is 5.69 Å². The van der Waals surface area contributed by atoms with Gasteiger partial charge in [-0.1, -0.05) is 29.8 Å². The topological polar surface area (TPSA) is 68.9 Å². The first-order chi connectivity index (χ1) is 8.52. The normalized spacial score (nSPS) is 10.4. The Kier molecular flexibility index (Phi) is 3.25. The van der Waals surface area contributed by atoms with E-state index in [2.05, 4.69) is 9.97 Å². The van der Waals surface area contributed by atoms with Crippen molar-refractivity contribution < 1.29 is 4.92 Å². The van der Waals surface area contributed by atoms with Gasteiger partial charge in [-0.25, -0.2) is 9.97 Å². The van der Waals surface area contributed by atoms with E-state index in [9.17, 15) is 10.1 Å². The molecule has 0 aliphatic carbocycles. The Labute approximate surface area is 109 Å². The maximum absolute atomic E-state index is 11.1. The molecule has 0 aliphatic heterocycles. The average Bonchev–Trinajstić information content (AvgIpc) is 2.32. The fraction of sp³-hybridized carbons (Fsp3) is 0.167. The third-order valence-corrected chi connectivity index (χ3v) is 3.10. The van der Waals surface area contributed by atoms with Crippen LogP contribution in [0, 0.1) is 24.0 Å². The van der Waals surface area contributed by atoms with Crippen LogP contribution in [0.5, 0.6) is 0 Å². The smallest absolute Gasteiger partial charge is 0.258 e. The first-order valence-corrected chi connectivity index (χ1v) is 5.61. The molecule has 92 valence electrons. The van der Waals surface area contributed by atoms with Crippen LogP contribution in [0.25, 0.3) is 11.3 Å². The first-order valence-electron chi connectivity index (χ1n) is 5.24. The monoisotopic (exact) mass is 263 g/mol. The number of halogens is 1. The van der Waals surface area contributed by atoms with E-state index in [1.54, 1.807) is 6.07 Å². The van der Waals surface area contributed by atoms with E-state index >= 15 is 0 Å². The van der Waals surface area contributed by atoms with Crippen molar-refractivity contribution in [3.8, 4) is 11.3 Å². The highest BCUT2D eigenvalue weighted by molar-refractivity contribution is 6.31. The fourth-order valence-corrected chi connectivity index (χ4v) is 1.93. The lowest BCUT2D eigenvalue weighted by Gasteiger charge is -2.08. The number of hydrogen-bond acceptors (Lipinski definition) is 4. The van der Waals surface area contributed by atoms with Crippen LogP contribution < -0.4 is 0 Å². The van der Waals surface area contributed by atoms with Gasteiger partial charge in [-0.2, -0.15) is 0 Å². The summed E-state index contributed by atoms with van der Waals surface area (Å²) in [6.07, 6.45) is 1.23. The minimum absolute atomic E-state index is 0.147. The Morgan fingerprint density at radius 3 is 2.67 bits per heavy atom. The van der Waals surface area contributed by atoms with Crippen molar-refractivity contribution in [2.45, 2.75) is 13.8 Å². The third kappa shape index (κ3) is 2.04. The largest absolute Gasteiger partial charge is 0.332 e. The predicted octanol–water partition coefficient (Wildman–Crippen LogP) is 3.32. The van der Waals surface area contributed by atoms with Gasteiger partial charge >= 0.3 is 5.69 Å². The zero-order valence-electron chi connectivity index (χ0n) is 9.85. The third-order valence-electron chi connectivity index (χ3n) is 2.82. The number of benzene rings is 1. The van der Waals surface area contributed by atoms with E-state index in [0.29, 0.717) is 5.56 Å². The summed E-state index contributed by atoms with van der Waals surface area (Å²) in [5.41, 5.74) is 2.67. The van der Waals surface area contributed by atoms with E-state index in [1.807, 2.05) is 26.0 Å². The van der Waals surface area contributed by atoms with Crippen molar-refractivity contribution in [2.24, 2.45) is 0 Å². The molecule has 0 aliphatic rings. The lowest BCUT2D eigenvalue weighted by atomic mass is 10.0. The van der Waals surface area contributed by atoms with Crippen LogP contribution in [0.15, 0.2) is 24.5 Å². The van der Waals surface area contributed by atoms with Crippen molar-refractivity contribution in [3.63, 3.8) is 0 Å². The highest BCUT2D eigenvalue weighted by Crippen LogP contribution is 2.34. The Morgan fingerprint density at radius 2 is 2.00 bits per heavy atom. The molecule has 0 N–H and O–H groups in total. The molecular formula is C12H10ClN3O2. The second-order valence-corrected chi connectivity index (χ2v) is 4.22. The van der Waals surface area contributed by atoms with Crippen molar-refractivity contribution >= 4 is 17.3 Å². The maximum atomic E-state index is 11.1. The summed E-state index contributed by atoms with van der Waals surface area (Å²) in [5.74, 6) is 0. The minimum atomic E-state index is -0.556. The molecule has 6 heteroatoms. The highest BCUT2D eigenvalue weighted by atomic mass is 35.5. The van der Waals surface area contributed by atoms with Gasteiger partial charge in [0.15, 0.2) is 5.69 Å². The summed E-state index contributed by atoms with van der Waals surface area (Å²) in [5, 5.41) is 10.9. The summed E-state index contributed by atoms with van der Waals surface area (Å²) in [6, 6.07) is 5.55. The SMILES string of the molecule is Cc1cccc(-c2ncnc(Cl)c2[N+](=O)[O-])c1C. The van der Waals surface area contributed by atoms with Gasteiger partial charge in [0.25, 0.3) is 0 Å².